The number of carboxylic acid groups (broad SMARTS) is 9. The molecule has 0 radical (unpaired) electrons. The van der Waals surface area contributed by atoms with Gasteiger partial charge in [0.2, 0.25) is 0 Å². The average molecular weight is 1820 g/mol. The Labute approximate surface area is 751 Å². The Kier molecular flexibility index (Phi) is 83.6. The third-order valence-electron chi connectivity index (χ3n) is 14.6. The number of hydrogen-bond acceptors (Lipinski definition) is 27. The maximum atomic E-state index is 11.6. The number of allylic oxidation sites excluding steroid dienone is 9. The molecule has 3 aromatic rings. The Balaban J connectivity index is -0.000000332. The highest BCUT2D eigenvalue weighted by molar-refractivity contribution is 5.94. The summed E-state index contributed by atoms with van der Waals surface area (Å²) in [6.07, 6.45) is 21.9. The van der Waals surface area contributed by atoms with E-state index in [2.05, 4.69) is 23.7 Å². The minimum absolute atomic E-state index is 0.0121. The first-order valence-corrected chi connectivity index (χ1v) is 40.6. The molecule has 3 rings (SSSR count). The Morgan fingerprint density at radius 2 is 0.442 bits per heavy atom. The Bertz CT molecular complexity index is 4140. The van der Waals surface area contributed by atoms with Gasteiger partial charge in [0.05, 0.1) is 61.0 Å². The maximum absolute atomic E-state index is 11.6. The SMILES string of the molecule is CCCOC(=O)/C=C(/CCC(=O)O)c1ccccc1.CCCOC(=O)/C=C(\C)CCC(=O)O.CCCOC(=O)/C=C/CCC(=O)O.CCOC(=O)/C=C(/CCC(=O)O)c1ccccc1.CCOC(=O)/C=C(\C)CCC(=O)O.CCOC(=O)/C=C/CCC(=O)O.COC(=O)/C=C(/CCC(=O)O)c1ccccc1.COC(=O)/C=C(\C)CCC(=O)O.COC(=O)/C=C/CCC(=O)O. The van der Waals surface area contributed by atoms with Crippen LogP contribution in [0.5, 0.6) is 0 Å². The van der Waals surface area contributed by atoms with E-state index >= 15 is 0 Å². The van der Waals surface area contributed by atoms with Gasteiger partial charge >= 0.3 is 107 Å². The molecule has 0 bridgehead atoms. The molecule has 0 aliphatic heterocycles. The lowest BCUT2D eigenvalue weighted by Crippen LogP contribution is -2.03. The average Bonchev–Trinajstić information content (AvgIpc) is 0.894. The topological polar surface area (TPSA) is 572 Å². The van der Waals surface area contributed by atoms with Crippen molar-refractivity contribution < 1.29 is 175 Å². The van der Waals surface area contributed by atoms with Gasteiger partial charge in [-0.3, -0.25) is 43.2 Å². The van der Waals surface area contributed by atoms with Crippen molar-refractivity contribution in [2.45, 2.75) is 197 Å². The van der Waals surface area contributed by atoms with Crippen molar-refractivity contribution in [3.8, 4) is 0 Å². The highest BCUT2D eigenvalue weighted by atomic mass is 16.6. The molecule has 0 saturated heterocycles. The minimum Gasteiger partial charge on any atom is -0.481 e. The van der Waals surface area contributed by atoms with E-state index in [1.165, 1.54) is 94.2 Å². The smallest absolute Gasteiger partial charge is 0.331 e. The van der Waals surface area contributed by atoms with Gasteiger partial charge in [-0.15, -0.1) is 0 Å². The first-order chi connectivity index (χ1) is 61.1. The van der Waals surface area contributed by atoms with Crippen LogP contribution in [0.15, 0.2) is 181 Å². The highest BCUT2D eigenvalue weighted by Gasteiger charge is 2.13. The molecule has 36 heteroatoms. The molecule has 0 heterocycles. The molecule has 129 heavy (non-hydrogen) atoms. The molecule has 0 aliphatic rings. The zero-order chi connectivity index (χ0) is 99.1. The van der Waals surface area contributed by atoms with Crippen molar-refractivity contribution in [2.24, 2.45) is 0 Å². The fraction of sp³-hybridized carbons (Fsp3) is 0.419. The largest absolute Gasteiger partial charge is 0.481 e. The molecule has 0 atom stereocenters. The number of hydrogen-bond donors (Lipinski definition) is 9. The molecule has 0 aliphatic carbocycles. The lowest BCUT2D eigenvalue weighted by atomic mass is 10.0. The third-order valence-corrected chi connectivity index (χ3v) is 14.6. The van der Waals surface area contributed by atoms with Gasteiger partial charge in [-0.25, -0.2) is 43.2 Å². The van der Waals surface area contributed by atoms with Gasteiger partial charge < -0.3 is 88.6 Å². The van der Waals surface area contributed by atoms with E-state index in [0.717, 1.165) is 47.1 Å². The molecule has 3 aromatic carbocycles. The first-order valence-electron chi connectivity index (χ1n) is 40.6. The lowest BCUT2D eigenvalue weighted by molar-refractivity contribution is -0.138. The number of benzene rings is 3. The number of methoxy groups -OCH3 is 3. The molecular weight excluding hydrogens is 1690 g/mol. The molecule has 0 saturated carbocycles. The first kappa shape index (κ1) is 126. The Hall–Kier alpha value is -14.2. The molecule has 0 unspecified atom stereocenters. The van der Waals surface area contributed by atoms with Crippen molar-refractivity contribution in [1.29, 1.82) is 0 Å². The third kappa shape index (κ3) is 92.8. The fourth-order valence-electron chi connectivity index (χ4n) is 8.38. The van der Waals surface area contributed by atoms with Crippen molar-refractivity contribution in [3.63, 3.8) is 0 Å². The van der Waals surface area contributed by atoms with Crippen LogP contribution < -0.4 is 0 Å². The number of carbonyl (C=O) groups is 18. The van der Waals surface area contributed by atoms with Gasteiger partial charge in [0, 0.05) is 112 Å². The van der Waals surface area contributed by atoms with Crippen LogP contribution in [-0.2, 0) is 129 Å². The summed E-state index contributed by atoms with van der Waals surface area (Å²) in [5.41, 5.74) is 6.71. The molecule has 0 fully saturated rings. The summed E-state index contributed by atoms with van der Waals surface area (Å²) >= 11 is 0. The maximum Gasteiger partial charge on any atom is 0.331 e. The van der Waals surface area contributed by atoms with Gasteiger partial charge in [-0.05, 0) is 152 Å². The fourth-order valence-corrected chi connectivity index (χ4v) is 8.38. The predicted octanol–water partition coefficient (Wildman–Crippen LogP) is 14.5. The van der Waals surface area contributed by atoms with E-state index in [1.54, 1.807) is 41.5 Å². The van der Waals surface area contributed by atoms with Crippen molar-refractivity contribution in [1.82, 2.24) is 0 Å². The van der Waals surface area contributed by atoms with Crippen LogP contribution in [0.4, 0.5) is 0 Å². The minimum atomic E-state index is -0.892. The summed E-state index contributed by atoms with van der Waals surface area (Å²) < 4.78 is 41.8. The van der Waals surface area contributed by atoms with Gasteiger partial charge in [-0.1, -0.05) is 147 Å². The molecule has 36 nitrogen and oxygen atoms in total. The van der Waals surface area contributed by atoms with E-state index in [-0.39, 0.29) is 57.8 Å². The van der Waals surface area contributed by atoms with Crippen LogP contribution in [0.25, 0.3) is 16.7 Å². The number of ether oxygens (including phenoxy) is 9. The summed E-state index contributed by atoms with van der Waals surface area (Å²) in [5.74, 6) is -11.8. The summed E-state index contributed by atoms with van der Waals surface area (Å²) in [7, 11) is 3.84. The van der Waals surface area contributed by atoms with Crippen LogP contribution in [-0.4, -0.2) is 214 Å². The molecule has 0 amide bonds. The Morgan fingerprint density at radius 1 is 0.240 bits per heavy atom. The second kappa shape index (κ2) is 85.9. The van der Waals surface area contributed by atoms with Crippen LogP contribution in [0.1, 0.15) is 214 Å². The lowest BCUT2D eigenvalue weighted by Gasteiger charge is -2.07. The van der Waals surface area contributed by atoms with Gasteiger partial charge in [0.25, 0.3) is 0 Å². The molecule has 0 aromatic heterocycles. The Morgan fingerprint density at radius 3 is 0.698 bits per heavy atom. The summed E-state index contributed by atoms with van der Waals surface area (Å²) in [4.78, 5) is 191. The van der Waals surface area contributed by atoms with Crippen LogP contribution in [0, 0.1) is 0 Å². The number of carbonyl (C=O) groups excluding carboxylic acids is 9. The number of carboxylic acids is 9. The summed E-state index contributed by atoms with van der Waals surface area (Å²) in [5, 5.41) is 75.9. The zero-order valence-electron chi connectivity index (χ0n) is 75.2. The van der Waals surface area contributed by atoms with Gasteiger partial charge in [0.1, 0.15) is 0 Å². The molecular formula is C93H126O36. The van der Waals surface area contributed by atoms with E-state index < -0.39 is 107 Å². The van der Waals surface area contributed by atoms with Gasteiger partial charge in [0.15, 0.2) is 0 Å². The number of esters is 9. The second-order valence-electron chi connectivity index (χ2n) is 25.8. The molecule has 9 N–H and O–H groups in total. The van der Waals surface area contributed by atoms with Crippen LogP contribution >= 0.6 is 0 Å². The highest BCUT2D eigenvalue weighted by Crippen LogP contribution is 2.23. The second-order valence-corrected chi connectivity index (χ2v) is 25.8. The van der Waals surface area contributed by atoms with E-state index in [0.29, 0.717) is 120 Å². The molecule has 714 valence electrons. The summed E-state index contributed by atoms with van der Waals surface area (Å²) in [6, 6.07) is 27.7. The normalized spacial score (nSPS) is 10.8. The quantitative estimate of drug-likeness (QED) is 0.0144. The van der Waals surface area contributed by atoms with E-state index in [4.69, 9.17) is 64.9 Å². The van der Waals surface area contributed by atoms with E-state index in [1.807, 2.05) is 112 Å². The van der Waals surface area contributed by atoms with Crippen LogP contribution in [0.2, 0.25) is 0 Å². The van der Waals surface area contributed by atoms with E-state index in [9.17, 15) is 86.3 Å². The number of aliphatic carboxylic acids is 9. The van der Waals surface area contributed by atoms with Crippen molar-refractivity contribution in [3.05, 3.63) is 197 Å². The standard InChI is InChI=1S/C15H18O4.C14H16O4.C13H14O4.C10H16O4.2C9H14O4.2C8H12O4.C7H10O4/c1-2-10-19-15(18)11-13(8-9-14(16)17)12-6-4-3-5-7-12;1-2-18-14(17)10-12(8-9-13(15)16)11-6-4-3-5-7-11;1-17-13(16)9-11(7-8-12(14)15)10-5-3-2-4-6-10;1-3-6-14-10(13)7-8(2)4-5-9(11)12;1-3-13-9(12)6-7(2)4-5-8(10)11;1-2-7-13-9(12)6-4-3-5-8(10)11;1-6(3-4-7(9)10)5-8(11)12-2;1-2-12-8(11)6-4-3-5-7(9)10;1-11-7(10)5-3-2-4-6(8)9/h3-7,11H,2,8-10H2,1H3,(H,16,17);3-7,10H,2,8-9H2,1H3,(H,15,16);2-6,9H,7-8H2,1H3,(H,14,15);7H,3-6H2,1-2H3,(H,11,12);6H,3-5H2,1-2H3,(H,10,11);4,6H,2-3,5,7H2,1H3,(H,10,11);5H,3-4H2,1-2H3,(H,9,10);4,6H,2-3,5H2,1H3,(H,9,10);3,5H,2,4H2,1H3,(H,8,9)/b13-11-;12-10-;11-9-;8-7+;7-6+;6-4+;6-5+;6-4+;5-3+. The van der Waals surface area contributed by atoms with Crippen LogP contribution in [0.3, 0.4) is 0 Å². The molecule has 0 spiro atoms. The van der Waals surface area contributed by atoms with Gasteiger partial charge in [-0.2, -0.15) is 0 Å². The predicted molar refractivity (Wildman–Crippen MR) is 473 cm³/mol. The summed E-state index contributed by atoms with van der Waals surface area (Å²) in [6.45, 7) is 18.2. The number of rotatable bonds is 48. The van der Waals surface area contributed by atoms with Crippen molar-refractivity contribution >= 4 is 124 Å². The monoisotopic (exact) mass is 1820 g/mol. The zero-order valence-corrected chi connectivity index (χ0v) is 75.2. The van der Waals surface area contributed by atoms with Crippen molar-refractivity contribution in [2.75, 3.05) is 61.0 Å².